The van der Waals surface area contributed by atoms with E-state index < -0.39 is 0 Å². The molecule has 0 aromatic carbocycles. The number of nitrogens with zero attached hydrogens (tertiary/aromatic N) is 1. The lowest BCUT2D eigenvalue weighted by Crippen LogP contribution is -2.43. The Morgan fingerprint density at radius 1 is 1.14 bits per heavy atom. The van der Waals surface area contributed by atoms with Crippen molar-refractivity contribution in [3.63, 3.8) is 0 Å². The summed E-state index contributed by atoms with van der Waals surface area (Å²) in [5.41, 5.74) is 0. The maximum absolute atomic E-state index is 12.1. The second kappa shape index (κ2) is 5.25. The first-order valence-corrected chi connectivity index (χ1v) is 9.31. The van der Waals surface area contributed by atoms with Crippen molar-refractivity contribution >= 4 is 5.91 Å². The first kappa shape index (κ1) is 14.5. The summed E-state index contributed by atoms with van der Waals surface area (Å²) in [5, 5.41) is 12.7. The van der Waals surface area contributed by atoms with Gasteiger partial charge in [-0.1, -0.05) is 20.3 Å². The predicted molar refractivity (Wildman–Crippen MR) is 84.5 cm³/mol. The van der Waals surface area contributed by atoms with Crippen molar-refractivity contribution in [1.29, 1.82) is 5.26 Å². The second-order valence-corrected chi connectivity index (χ2v) is 8.69. The van der Waals surface area contributed by atoms with E-state index in [1.807, 2.05) is 0 Å². The lowest BCUT2D eigenvalue weighted by atomic mass is 9.58. The van der Waals surface area contributed by atoms with Crippen molar-refractivity contribution in [3.05, 3.63) is 0 Å². The van der Waals surface area contributed by atoms with E-state index in [4.69, 9.17) is 0 Å². The number of rotatable bonds is 2. The first-order valence-electron chi connectivity index (χ1n) is 9.31. The van der Waals surface area contributed by atoms with Crippen molar-refractivity contribution in [2.75, 3.05) is 0 Å². The van der Waals surface area contributed by atoms with Crippen LogP contribution in [0.2, 0.25) is 0 Å². The molecule has 1 saturated heterocycles. The van der Waals surface area contributed by atoms with Crippen LogP contribution in [0.25, 0.3) is 0 Å². The molecule has 8 atom stereocenters. The molecule has 120 valence electrons. The zero-order chi connectivity index (χ0) is 15.4. The third-order valence-electron chi connectivity index (χ3n) is 7.29. The smallest absolute Gasteiger partial charge is 0.237 e. The van der Waals surface area contributed by atoms with E-state index in [-0.39, 0.29) is 11.8 Å². The average Bonchev–Trinajstić information content (AvgIpc) is 2.97. The van der Waals surface area contributed by atoms with Crippen LogP contribution in [0.1, 0.15) is 52.4 Å². The standard InChI is InChI=1S/C19H28N2O/c1-10(2)8-11-6-7-13-16-12(11)4-3-5-14(16)18-17(13)15(9-20)19(22)21-18/h10-18H,3-8H2,1-2H3,(H,21,22). The topological polar surface area (TPSA) is 52.9 Å². The number of carbonyl (C=O) groups excluding carboxylic acids is 1. The van der Waals surface area contributed by atoms with Crippen molar-refractivity contribution < 1.29 is 4.79 Å². The van der Waals surface area contributed by atoms with E-state index in [0.717, 1.165) is 23.7 Å². The predicted octanol–water partition coefficient (Wildman–Crippen LogP) is 3.36. The summed E-state index contributed by atoms with van der Waals surface area (Å²) >= 11 is 0. The van der Waals surface area contributed by atoms with Gasteiger partial charge in [0.05, 0.1) is 6.07 Å². The summed E-state index contributed by atoms with van der Waals surface area (Å²) in [4.78, 5) is 12.1. The summed E-state index contributed by atoms with van der Waals surface area (Å²) in [6.07, 6.45) is 7.93. The Labute approximate surface area is 133 Å². The van der Waals surface area contributed by atoms with Gasteiger partial charge in [0.1, 0.15) is 5.92 Å². The Kier molecular flexibility index (Phi) is 3.47. The van der Waals surface area contributed by atoms with Gasteiger partial charge in [0.15, 0.2) is 0 Å². The normalized spacial score (nSPS) is 49.5. The van der Waals surface area contributed by atoms with Crippen LogP contribution in [-0.4, -0.2) is 11.9 Å². The molecule has 4 rings (SSSR count). The molecule has 0 aromatic rings. The van der Waals surface area contributed by atoms with E-state index in [9.17, 15) is 10.1 Å². The highest BCUT2D eigenvalue weighted by Crippen LogP contribution is 2.61. The maximum atomic E-state index is 12.1. The summed E-state index contributed by atoms with van der Waals surface area (Å²) in [5.74, 6) is 4.57. The van der Waals surface area contributed by atoms with Gasteiger partial charge in [0.2, 0.25) is 5.91 Å². The van der Waals surface area contributed by atoms with Crippen molar-refractivity contribution in [3.8, 4) is 6.07 Å². The number of carbonyl (C=O) groups is 1. The fourth-order valence-corrected chi connectivity index (χ4v) is 6.84. The van der Waals surface area contributed by atoms with E-state index >= 15 is 0 Å². The van der Waals surface area contributed by atoms with Crippen LogP contribution in [0.4, 0.5) is 0 Å². The largest absolute Gasteiger partial charge is 0.352 e. The minimum atomic E-state index is -0.372. The molecule has 0 radical (unpaired) electrons. The van der Waals surface area contributed by atoms with Gasteiger partial charge < -0.3 is 5.32 Å². The first-order chi connectivity index (χ1) is 10.6. The average molecular weight is 300 g/mol. The molecule has 4 aliphatic rings. The van der Waals surface area contributed by atoms with Crippen molar-refractivity contribution in [2.24, 2.45) is 47.3 Å². The van der Waals surface area contributed by atoms with E-state index in [1.54, 1.807) is 0 Å². The molecule has 3 nitrogen and oxygen atoms in total. The third-order valence-corrected chi connectivity index (χ3v) is 7.29. The molecule has 1 heterocycles. The molecule has 1 N–H and O–H groups in total. The fourth-order valence-electron chi connectivity index (χ4n) is 6.84. The van der Waals surface area contributed by atoms with Crippen LogP contribution < -0.4 is 5.32 Å². The SMILES string of the molecule is CC(C)CC1CCC2C3C1CCCC3C1NC(=O)C(C#N)C21. The molecule has 0 spiro atoms. The molecule has 3 aliphatic carbocycles. The van der Waals surface area contributed by atoms with Gasteiger partial charge in [-0.3, -0.25) is 4.79 Å². The Morgan fingerprint density at radius 2 is 1.91 bits per heavy atom. The molecule has 3 heteroatoms. The molecule has 0 bridgehead atoms. The van der Waals surface area contributed by atoms with Gasteiger partial charge in [-0.2, -0.15) is 5.26 Å². The highest BCUT2D eigenvalue weighted by Gasteiger charge is 2.62. The number of hydrogen-bond acceptors (Lipinski definition) is 2. The van der Waals surface area contributed by atoms with Crippen LogP contribution in [-0.2, 0) is 4.79 Å². The van der Waals surface area contributed by atoms with Crippen LogP contribution in [0.15, 0.2) is 0 Å². The lowest BCUT2D eigenvalue weighted by molar-refractivity contribution is -0.122. The van der Waals surface area contributed by atoms with Crippen molar-refractivity contribution in [2.45, 2.75) is 58.4 Å². The Morgan fingerprint density at radius 3 is 2.64 bits per heavy atom. The van der Waals surface area contributed by atoms with Gasteiger partial charge >= 0.3 is 0 Å². The van der Waals surface area contributed by atoms with Crippen LogP contribution in [0, 0.1) is 58.7 Å². The summed E-state index contributed by atoms with van der Waals surface area (Å²) in [6, 6.07) is 2.64. The van der Waals surface area contributed by atoms with E-state index in [0.29, 0.717) is 23.8 Å². The molecular formula is C19H28N2O. The highest BCUT2D eigenvalue weighted by atomic mass is 16.2. The fraction of sp³-hybridized carbons (Fsp3) is 0.895. The number of fused-ring (bicyclic) bond motifs is 3. The molecular weight excluding hydrogens is 272 g/mol. The van der Waals surface area contributed by atoms with E-state index in [1.165, 1.54) is 38.5 Å². The van der Waals surface area contributed by atoms with Crippen LogP contribution in [0.5, 0.6) is 0 Å². The Hall–Kier alpha value is -1.04. The highest BCUT2D eigenvalue weighted by molar-refractivity contribution is 5.84. The Bertz CT molecular complexity index is 508. The van der Waals surface area contributed by atoms with Crippen LogP contribution >= 0.6 is 0 Å². The summed E-state index contributed by atoms with van der Waals surface area (Å²) in [7, 11) is 0. The number of nitriles is 1. The Balaban J connectivity index is 1.64. The lowest BCUT2D eigenvalue weighted by Gasteiger charge is -2.47. The summed E-state index contributed by atoms with van der Waals surface area (Å²) in [6.45, 7) is 4.70. The molecule has 1 amide bonds. The zero-order valence-electron chi connectivity index (χ0n) is 13.8. The quantitative estimate of drug-likeness (QED) is 0.850. The molecule has 8 unspecified atom stereocenters. The van der Waals surface area contributed by atoms with Gasteiger partial charge in [0, 0.05) is 12.0 Å². The third kappa shape index (κ3) is 1.95. The summed E-state index contributed by atoms with van der Waals surface area (Å²) < 4.78 is 0. The maximum Gasteiger partial charge on any atom is 0.237 e. The van der Waals surface area contributed by atoms with Gasteiger partial charge in [-0.15, -0.1) is 0 Å². The molecule has 22 heavy (non-hydrogen) atoms. The number of hydrogen-bond donors (Lipinski definition) is 1. The van der Waals surface area contributed by atoms with Crippen LogP contribution in [0.3, 0.4) is 0 Å². The second-order valence-electron chi connectivity index (χ2n) is 8.69. The molecule has 1 aliphatic heterocycles. The molecule has 4 fully saturated rings. The molecule has 3 saturated carbocycles. The zero-order valence-corrected chi connectivity index (χ0v) is 13.8. The number of amides is 1. The van der Waals surface area contributed by atoms with Gasteiger partial charge in [-0.05, 0) is 67.6 Å². The minimum Gasteiger partial charge on any atom is -0.352 e. The van der Waals surface area contributed by atoms with Gasteiger partial charge in [-0.25, -0.2) is 0 Å². The monoisotopic (exact) mass is 300 g/mol. The van der Waals surface area contributed by atoms with Gasteiger partial charge in [0.25, 0.3) is 0 Å². The molecule has 0 aromatic heterocycles. The number of nitrogens with one attached hydrogen (secondary N) is 1. The minimum absolute atomic E-state index is 0.0161. The van der Waals surface area contributed by atoms with E-state index in [2.05, 4.69) is 25.2 Å². The van der Waals surface area contributed by atoms with Crippen molar-refractivity contribution in [1.82, 2.24) is 5.32 Å².